The highest BCUT2D eigenvalue weighted by molar-refractivity contribution is 7.24. The van der Waals surface area contributed by atoms with Crippen molar-refractivity contribution in [2.75, 3.05) is 0 Å². The molecule has 3 aromatic carbocycles. The van der Waals surface area contributed by atoms with Crippen molar-refractivity contribution in [2.45, 2.75) is 163 Å². The third kappa shape index (κ3) is 10.5. The number of thiophene rings is 3. The summed E-state index contributed by atoms with van der Waals surface area (Å²) >= 11 is 5.94. The minimum absolute atomic E-state index is 0.280. The Morgan fingerprint density at radius 3 is 1.68 bits per heavy atom. The summed E-state index contributed by atoms with van der Waals surface area (Å²) in [5.74, 6) is 3.17. The SMILES string of the molecule is CCCCCc1c2nc(c(CCCCC)c3ccc([nH]3)c(-c3ccc(-c4ccc(/C=C5\CC[C@H]6[C@@H]7CC[C@H]8CC(c9ccc(-c%10c%11ccccc%11cc%11ccccc%10%11)s9)=CC[C@]8(C)[C@H]7CC[C@]56C)s4)s3)c3ccc([nH]3)c(CCCCC)c3nc1C=C3)C=C2. The Morgan fingerprint density at radius 2 is 1.05 bits per heavy atom. The van der Waals surface area contributed by atoms with Crippen LogP contribution in [0.2, 0.25) is 0 Å². The lowest BCUT2D eigenvalue weighted by Crippen LogP contribution is -2.51. The minimum atomic E-state index is 0.280. The normalized spacial score (nSPS) is 22.6. The van der Waals surface area contributed by atoms with E-state index < -0.39 is 0 Å². The zero-order valence-corrected chi connectivity index (χ0v) is 55.0. The van der Waals surface area contributed by atoms with E-state index in [4.69, 9.17) is 9.97 Å². The van der Waals surface area contributed by atoms with Gasteiger partial charge in [-0.2, -0.15) is 0 Å². The maximum absolute atomic E-state index is 5.49. The van der Waals surface area contributed by atoms with E-state index in [0.29, 0.717) is 5.41 Å². The molecule has 3 saturated carbocycles. The van der Waals surface area contributed by atoms with Gasteiger partial charge in [0, 0.05) is 79.1 Å². The van der Waals surface area contributed by atoms with Gasteiger partial charge in [0.25, 0.3) is 0 Å². The van der Waals surface area contributed by atoms with Gasteiger partial charge in [-0.25, -0.2) is 9.97 Å². The molecule has 0 unspecified atom stereocenters. The Balaban J connectivity index is 0.711. The van der Waals surface area contributed by atoms with E-state index >= 15 is 0 Å². The summed E-state index contributed by atoms with van der Waals surface area (Å²) < 4.78 is 0. The van der Waals surface area contributed by atoms with Crippen LogP contribution in [0.4, 0.5) is 0 Å². The highest BCUT2D eigenvalue weighted by atomic mass is 32.1. The largest absolute Gasteiger partial charge is 0.355 e. The van der Waals surface area contributed by atoms with E-state index in [9.17, 15) is 0 Å². The van der Waals surface area contributed by atoms with E-state index in [1.807, 2.05) is 34.0 Å². The van der Waals surface area contributed by atoms with Crippen LogP contribution in [0, 0.1) is 34.5 Å². The zero-order valence-electron chi connectivity index (χ0n) is 52.5. The van der Waals surface area contributed by atoms with Crippen molar-refractivity contribution < 1.29 is 0 Å². The number of nitrogens with zero attached hydrogens (tertiary/aromatic N) is 2. The Morgan fingerprint density at radius 1 is 0.511 bits per heavy atom. The number of aryl methyl sites for hydroxylation is 2. The Labute approximate surface area is 534 Å². The van der Waals surface area contributed by atoms with Crippen LogP contribution in [0.5, 0.6) is 0 Å². The molecule has 6 aliphatic rings. The molecule has 3 fully saturated rings. The summed E-state index contributed by atoms with van der Waals surface area (Å²) in [6.07, 6.45) is 38.5. The predicted molar refractivity (Wildman–Crippen MR) is 383 cm³/mol. The van der Waals surface area contributed by atoms with Crippen LogP contribution in [-0.4, -0.2) is 19.9 Å². The Hall–Kier alpha value is -6.64. The van der Waals surface area contributed by atoms with Gasteiger partial charge in [0.15, 0.2) is 0 Å². The molecule has 0 spiro atoms. The van der Waals surface area contributed by atoms with E-state index in [0.717, 1.165) is 96.0 Å². The van der Waals surface area contributed by atoms with Crippen LogP contribution in [0.3, 0.4) is 0 Å². The number of hydrogen-bond acceptors (Lipinski definition) is 5. The molecule has 0 radical (unpaired) electrons. The van der Waals surface area contributed by atoms with Gasteiger partial charge in [-0.15, -0.1) is 34.0 Å². The van der Waals surface area contributed by atoms with E-state index in [1.54, 1.807) is 11.1 Å². The maximum atomic E-state index is 5.49. The average Bonchev–Trinajstić information content (AvgIpc) is 1.32. The number of rotatable bonds is 17. The van der Waals surface area contributed by atoms with Crippen LogP contribution in [0.15, 0.2) is 127 Å². The number of aromatic amines is 2. The van der Waals surface area contributed by atoms with Crippen molar-refractivity contribution >= 4 is 114 Å². The minimum Gasteiger partial charge on any atom is -0.355 e. The third-order valence-corrected chi connectivity index (χ3v) is 25.8. The summed E-state index contributed by atoms with van der Waals surface area (Å²) in [4.78, 5) is 27.3. The Bertz CT molecular complexity index is 4260. The van der Waals surface area contributed by atoms with Crippen LogP contribution < -0.4 is 0 Å². The van der Waals surface area contributed by atoms with Crippen LogP contribution in [0.25, 0.3) is 110 Å². The van der Waals surface area contributed by atoms with Gasteiger partial charge in [0.2, 0.25) is 0 Å². The van der Waals surface area contributed by atoms with Gasteiger partial charge in [-0.05, 0) is 249 Å². The molecule has 88 heavy (non-hydrogen) atoms. The molecule has 0 saturated heterocycles. The second-order valence-electron chi connectivity index (χ2n) is 27.4. The molecular formula is C81H86N4S3. The lowest BCUT2D eigenvalue weighted by Gasteiger charge is -2.59. The number of fused-ring (bicyclic) bond motifs is 15. The first kappa shape index (κ1) is 57.8. The van der Waals surface area contributed by atoms with Gasteiger partial charge >= 0.3 is 0 Å². The molecule has 8 heterocycles. The van der Waals surface area contributed by atoms with Crippen molar-refractivity contribution in [2.24, 2.45) is 34.5 Å². The summed E-state index contributed by atoms with van der Waals surface area (Å²) in [6.45, 7) is 12.3. The molecule has 0 amide bonds. The highest BCUT2D eigenvalue weighted by Crippen LogP contribution is 2.68. The monoisotopic (exact) mass is 1210 g/mol. The van der Waals surface area contributed by atoms with Gasteiger partial charge in [0.05, 0.1) is 22.8 Å². The highest BCUT2D eigenvalue weighted by Gasteiger charge is 2.58. The average molecular weight is 1210 g/mol. The first-order valence-corrected chi connectivity index (χ1v) is 36.4. The van der Waals surface area contributed by atoms with Gasteiger partial charge < -0.3 is 9.97 Å². The lowest BCUT2D eigenvalue weighted by atomic mass is 9.45. The van der Waals surface area contributed by atoms with Gasteiger partial charge in [0.1, 0.15) is 0 Å². The fraction of sp³-hybridized carbons (Fsp3) is 0.383. The zero-order chi connectivity index (χ0) is 59.5. The molecule has 8 bridgehead atoms. The number of allylic oxidation sites excluding steroid dienone is 3. The number of unbranched alkanes of at least 4 members (excludes halogenated alkanes) is 6. The van der Waals surface area contributed by atoms with E-state index in [-0.39, 0.29) is 5.41 Å². The summed E-state index contributed by atoms with van der Waals surface area (Å²) in [6, 6.07) is 44.1. The van der Waals surface area contributed by atoms with Gasteiger partial charge in [-0.3, -0.25) is 0 Å². The smallest absolute Gasteiger partial charge is 0.0691 e. The number of benzene rings is 3. The van der Waals surface area contributed by atoms with Crippen molar-refractivity contribution in [3.63, 3.8) is 0 Å². The standard InChI is InChI=1S/C81H86N4S3/c1-6-9-12-23-60-65-31-33-67(82-65)61(24-13-10-7-2)69-35-37-71(84-69)79(72-38-36-70(85-72)62(25-14-11-8-3)68-34-32-66(60)83-68)77-43-41-75(88-77)74-39-28-56(86-74)50-55-27-30-63-59-29-26-54-49-53(44-46-80(54,4)64(59)45-47-81(55,63)5)73-40-42-76(87-73)78-57-21-17-15-19-51(57)48-52-20-16-18-22-58(52)78/h15-22,28,31-44,48,50,54,59,63-64,84-85H,6-14,23-27,29-30,45-47,49H2,1-5H3/b55-50+,65-60?,66-60?,67-61?,68-62?,69-61?,70-62?,79-71?,79-72?/t54-,59-,63-,64-,80-,81+/m0/s1. The lowest BCUT2D eigenvalue weighted by molar-refractivity contribution is -0.0793. The van der Waals surface area contributed by atoms with Crippen molar-refractivity contribution in [3.05, 3.63) is 176 Å². The van der Waals surface area contributed by atoms with Crippen LogP contribution in [-0.2, 0) is 19.3 Å². The second-order valence-corrected chi connectivity index (χ2v) is 30.7. The first-order chi connectivity index (χ1) is 43.2. The molecule has 2 N–H and O–H groups in total. The molecule has 6 atom stereocenters. The number of H-pyrrole nitrogens is 2. The molecular weight excluding hydrogens is 1130 g/mol. The number of hydrogen-bond donors (Lipinski definition) is 2. The van der Waals surface area contributed by atoms with Crippen LogP contribution >= 0.6 is 34.0 Å². The molecule has 2 aliphatic heterocycles. The van der Waals surface area contributed by atoms with E-state index in [2.05, 4.69) is 196 Å². The fourth-order valence-electron chi connectivity index (χ4n) is 17.5. The maximum Gasteiger partial charge on any atom is 0.0691 e. The quantitative estimate of drug-likeness (QED) is 0.0705. The Kier molecular flexibility index (Phi) is 15.9. The molecule has 15 rings (SSSR count). The topological polar surface area (TPSA) is 57.4 Å². The number of aromatic nitrogens is 4. The molecule has 9 aromatic rings. The van der Waals surface area contributed by atoms with E-state index in [1.165, 1.54) is 180 Å². The third-order valence-electron chi connectivity index (χ3n) is 22.3. The molecule has 448 valence electrons. The summed E-state index contributed by atoms with van der Waals surface area (Å²) in [5, 5.41) is 5.37. The number of nitrogens with one attached hydrogen (secondary N) is 2. The first-order valence-electron chi connectivity index (χ1n) is 33.9. The predicted octanol–water partition coefficient (Wildman–Crippen LogP) is 24.5. The second kappa shape index (κ2) is 24.3. The van der Waals surface area contributed by atoms with Crippen LogP contribution in [0.1, 0.15) is 193 Å². The summed E-state index contributed by atoms with van der Waals surface area (Å²) in [5.41, 5.74) is 19.4. The molecule has 4 nitrogen and oxygen atoms in total. The molecule has 6 aromatic heterocycles. The van der Waals surface area contributed by atoms with Gasteiger partial charge in [-0.1, -0.05) is 133 Å². The molecule has 4 aliphatic carbocycles. The van der Waals surface area contributed by atoms with Crippen molar-refractivity contribution in [1.82, 2.24) is 19.9 Å². The summed E-state index contributed by atoms with van der Waals surface area (Å²) in [7, 11) is 0. The molecule has 7 heteroatoms. The fourth-order valence-corrected chi connectivity index (χ4v) is 20.8. The van der Waals surface area contributed by atoms with Crippen molar-refractivity contribution in [1.29, 1.82) is 0 Å². The van der Waals surface area contributed by atoms with Crippen molar-refractivity contribution in [3.8, 4) is 30.6 Å².